The van der Waals surface area contributed by atoms with Crippen LogP contribution in [0.2, 0.25) is 5.02 Å². The summed E-state index contributed by atoms with van der Waals surface area (Å²) in [5.74, 6) is 0.387. The van der Waals surface area contributed by atoms with Gasteiger partial charge in [-0.05, 0) is 48.4 Å². The Hall–Kier alpha value is -1.83. The van der Waals surface area contributed by atoms with Gasteiger partial charge in [-0.15, -0.1) is 0 Å². The Balaban J connectivity index is 2.23. The van der Waals surface area contributed by atoms with E-state index < -0.39 is 10.8 Å². The molecule has 2 aromatic rings. The maximum absolute atomic E-state index is 12.3. The summed E-state index contributed by atoms with van der Waals surface area (Å²) in [4.78, 5) is 0.646. The number of anilines is 1. The molecule has 2 rings (SSSR count). The molecule has 5 heteroatoms. The minimum Gasteiger partial charge on any atom is -0.398 e. The molecule has 0 saturated heterocycles. The van der Waals surface area contributed by atoms with Crippen molar-refractivity contribution in [2.24, 2.45) is 0 Å². The van der Waals surface area contributed by atoms with Crippen molar-refractivity contribution in [3.8, 4) is 6.07 Å². The summed E-state index contributed by atoms with van der Waals surface area (Å²) < 4.78 is 12.3. The maximum atomic E-state index is 12.3. The number of aryl methyl sites for hydroxylation is 1. The summed E-state index contributed by atoms with van der Waals surface area (Å²) in [6.45, 7) is 1.91. The quantitative estimate of drug-likeness (QED) is 0.884. The van der Waals surface area contributed by atoms with Crippen molar-refractivity contribution in [2.45, 2.75) is 17.6 Å². The molecular weight excluding hydrogens is 292 g/mol. The van der Waals surface area contributed by atoms with Crippen molar-refractivity contribution < 1.29 is 4.21 Å². The van der Waals surface area contributed by atoms with Crippen LogP contribution in [0, 0.1) is 18.3 Å². The van der Waals surface area contributed by atoms with Gasteiger partial charge in [-0.1, -0.05) is 17.7 Å². The highest BCUT2D eigenvalue weighted by atomic mass is 35.5. The van der Waals surface area contributed by atoms with Gasteiger partial charge >= 0.3 is 0 Å². The van der Waals surface area contributed by atoms with E-state index in [1.54, 1.807) is 30.3 Å². The minimum atomic E-state index is -1.19. The number of nitriles is 1. The van der Waals surface area contributed by atoms with E-state index in [1.807, 2.05) is 13.0 Å². The maximum Gasteiger partial charge on any atom is 0.0991 e. The molecule has 1 unspecified atom stereocenters. The van der Waals surface area contributed by atoms with Crippen LogP contribution in [0.4, 0.5) is 5.69 Å². The van der Waals surface area contributed by atoms with Gasteiger partial charge < -0.3 is 5.73 Å². The molecule has 1 atom stereocenters. The third-order valence-corrected chi connectivity index (χ3v) is 4.67. The fourth-order valence-corrected chi connectivity index (χ4v) is 3.29. The fourth-order valence-electron chi connectivity index (χ4n) is 1.80. The van der Waals surface area contributed by atoms with Crippen LogP contribution >= 0.6 is 11.6 Å². The molecule has 0 bridgehead atoms. The number of halogens is 1. The van der Waals surface area contributed by atoms with Gasteiger partial charge in [0.15, 0.2) is 0 Å². The molecule has 0 aliphatic rings. The van der Waals surface area contributed by atoms with E-state index in [-0.39, 0.29) is 0 Å². The van der Waals surface area contributed by atoms with Crippen LogP contribution in [0.3, 0.4) is 0 Å². The van der Waals surface area contributed by atoms with Crippen LogP contribution < -0.4 is 5.73 Å². The number of hydrogen-bond donors (Lipinski definition) is 1. The lowest BCUT2D eigenvalue weighted by molar-refractivity contribution is 0.682. The second kappa shape index (κ2) is 6.08. The first-order valence-electron chi connectivity index (χ1n) is 5.94. The van der Waals surface area contributed by atoms with Gasteiger partial charge in [0, 0.05) is 4.90 Å². The number of nitrogens with two attached hydrogens (primary N) is 1. The largest absolute Gasteiger partial charge is 0.398 e. The number of hydrogen-bond acceptors (Lipinski definition) is 3. The van der Waals surface area contributed by atoms with E-state index in [2.05, 4.69) is 6.07 Å². The average molecular weight is 305 g/mol. The topological polar surface area (TPSA) is 66.9 Å². The molecule has 0 amide bonds. The minimum absolute atomic E-state index is 0.387. The first-order chi connectivity index (χ1) is 9.51. The molecule has 0 heterocycles. The Morgan fingerprint density at radius 3 is 2.65 bits per heavy atom. The molecule has 102 valence electrons. The van der Waals surface area contributed by atoms with Gasteiger partial charge in [0.05, 0.1) is 38.9 Å². The van der Waals surface area contributed by atoms with Crippen LogP contribution in [0.1, 0.15) is 16.7 Å². The van der Waals surface area contributed by atoms with Crippen molar-refractivity contribution in [3.05, 3.63) is 58.1 Å². The van der Waals surface area contributed by atoms with Crippen molar-refractivity contribution in [1.29, 1.82) is 5.26 Å². The number of nitrogen functional groups attached to an aromatic ring is 1. The third kappa shape index (κ3) is 3.19. The Kier molecular flexibility index (Phi) is 4.43. The number of nitrogens with zero attached hydrogens (tertiary/aromatic N) is 1. The first kappa shape index (κ1) is 14.6. The van der Waals surface area contributed by atoms with Gasteiger partial charge in [0.25, 0.3) is 0 Å². The Morgan fingerprint density at radius 1 is 1.30 bits per heavy atom. The molecule has 0 radical (unpaired) electrons. The molecule has 0 aliphatic carbocycles. The summed E-state index contributed by atoms with van der Waals surface area (Å²) in [6, 6.07) is 12.5. The zero-order valence-corrected chi connectivity index (χ0v) is 12.5. The summed E-state index contributed by atoms with van der Waals surface area (Å²) >= 11 is 5.94. The van der Waals surface area contributed by atoms with Gasteiger partial charge in [0.1, 0.15) is 0 Å². The van der Waals surface area contributed by atoms with Crippen LogP contribution in [-0.2, 0) is 16.6 Å². The number of benzene rings is 2. The molecule has 2 aromatic carbocycles. The Bertz CT molecular complexity index is 722. The zero-order valence-electron chi connectivity index (χ0n) is 10.9. The van der Waals surface area contributed by atoms with Gasteiger partial charge in [-0.2, -0.15) is 5.26 Å². The van der Waals surface area contributed by atoms with Crippen molar-refractivity contribution in [3.63, 3.8) is 0 Å². The van der Waals surface area contributed by atoms with Crippen molar-refractivity contribution in [1.82, 2.24) is 0 Å². The van der Waals surface area contributed by atoms with E-state index in [0.29, 0.717) is 26.9 Å². The monoisotopic (exact) mass is 304 g/mol. The molecule has 0 aliphatic heterocycles. The van der Waals surface area contributed by atoms with Crippen LogP contribution in [-0.4, -0.2) is 4.21 Å². The average Bonchev–Trinajstić information content (AvgIpc) is 2.43. The lowest BCUT2D eigenvalue weighted by Crippen LogP contribution is -1.99. The summed E-state index contributed by atoms with van der Waals surface area (Å²) in [7, 11) is -1.19. The van der Waals surface area contributed by atoms with Crippen LogP contribution in [0.15, 0.2) is 41.3 Å². The molecule has 0 aromatic heterocycles. The molecule has 20 heavy (non-hydrogen) atoms. The highest BCUT2D eigenvalue weighted by Crippen LogP contribution is 2.23. The number of rotatable bonds is 3. The lowest BCUT2D eigenvalue weighted by Gasteiger charge is -2.07. The predicted molar refractivity (Wildman–Crippen MR) is 81.9 cm³/mol. The van der Waals surface area contributed by atoms with Crippen LogP contribution in [0.5, 0.6) is 0 Å². The lowest BCUT2D eigenvalue weighted by atomic mass is 10.1. The molecular formula is C15H13ClN2OS. The second-order valence-electron chi connectivity index (χ2n) is 4.43. The van der Waals surface area contributed by atoms with Gasteiger partial charge in [-0.25, -0.2) is 0 Å². The van der Waals surface area contributed by atoms with Crippen LogP contribution in [0.25, 0.3) is 0 Å². The highest BCUT2D eigenvalue weighted by Gasteiger charge is 2.09. The first-order valence-corrected chi connectivity index (χ1v) is 7.64. The molecule has 3 nitrogen and oxygen atoms in total. The predicted octanol–water partition coefficient (Wildman–Crippen LogP) is 3.41. The standard InChI is InChI=1S/C15H13ClN2OS/c1-10-6-11(8-17)2-3-12(10)9-20(19)13-4-5-15(18)14(16)7-13/h2-7H,9,18H2,1H3. The summed E-state index contributed by atoms with van der Waals surface area (Å²) in [5, 5.41) is 9.24. The van der Waals surface area contributed by atoms with Gasteiger partial charge in [-0.3, -0.25) is 4.21 Å². The van der Waals surface area contributed by atoms with E-state index in [9.17, 15) is 4.21 Å². The summed E-state index contributed by atoms with van der Waals surface area (Å²) in [6.07, 6.45) is 0. The molecule has 0 fully saturated rings. The Labute approximate surface area is 125 Å². The zero-order chi connectivity index (χ0) is 14.7. The molecule has 0 spiro atoms. The van der Waals surface area contributed by atoms with Gasteiger partial charge in [0.2, 0.25) is 0 Å². The Morgan fingerprint density at radius 2 is 2.05 bits per heavy atom. The second-order valence-corrected chi connectivity index (χ2v) is 6.28. The highest BCUT2D eigenvalue weighted by molar-refractivity contribution is 7.84. The van der Waals surface area contributed by atoms with E-state index in [0.717, 1.165) is 11.1 Å². The molecule has 0 saturated carbocycles. The van der Waals surface area contributed by atoms with Crippen molar-refractivity contribution >= 4 is 28.1 Å². The smallest absolute Gasteiger partial charge is 0.0991 e. The van der Waals surface area contributed by atoms with E-state index in [1.165, 1.54) is 0 Å². The summed E-state index contributed by atoms with van der Waals surface area (Å²) in [5.41, 5.74) is 8.63. The molecule has 2 N–H and O–H groups in total. The fraction of sp³-hybridized carbons (Fsp3) is 0.133. The van der Waals surface area contributed by atoms with E-state index in [4.69, 9.17) is 22.6 Å². The SMILES string of the molecule is Cc1cc(C#N)ccc1CS(=O)c1ccc(N)c(Cl)c1. The van der Waals surface area contributed by atoms with E-state index >= 15 is 0 Å². The normalized spacial score (nSPS) is 11.8. The van der Waals surface area contributed by atoms with Crippen molar-refractivity contribution in [2.75, 3.05) is 5.73 Å². The third-order valence-electron chi connectivity index (χ3n) is 2.99.